The molecular weight excluding hydrogens is 431 g/mol. The third-order valence-corrected chi connectivity index (χ3v) is 6.41. The molecule has 0 bridgehead atoms. The van der Waals surface area contributed by atoms with Gasteiger partial charge in [-0.2, -0.15) is 0 Å². The van der Waals surface area contributed by atoms with Crippen molar-refractivity contribution in [3.63, 3.8) is 0 Å². The third-order valence-electron chi connectivity index (χ3n) is 6.41. The number of hydrogen-bond acceptors (Lipinski definition) is 4. The van der Waals surface area contributed by atoms with E-state index in [1.54, 1.807) is 0 Å². The molecular formula is C25H36Cl2N2O2. The second-order valence-electron chi connectivity index (χ2n) is 8.91. The van der Waals surface area contributed by atoms with Crippen molar-refractivity contribution in [1.82, 2.24) is 4.90 Å². The number of benzene rings is 2. The first-order chi connectivity index (χ1) is 14.1. The maximum absolute atomic E-state index is 11.0. The van der Waals surface area contributed by atoms with Gasteiger partial charge in [-0.25, -0.2) is 0 Å². The number of piperidine rings is 1. The SMILES string of the molecule is CN(CCC1(O)CCN(Cc2ccccc2)CC1)c1ccc(OCC2CC2)cc1.Cl.Cl. The molecule has 4 nitrogen and oxygen atoms in total. The van der Waals surface area contributed by atoms with Crippen molar-refractivity contribution in [2.45, 2.75) is 44.2 Å². The molecule has 0 aromatic heterocycles. The summed E-state index contributed by atoms with van der Waals surface area (Å²) >= 11 is 0. The zero-order valence-corrected chi connectivity index (χ0v) is 20.0. The monoisotopic (exact) mass is 466 g/mol. The van der Waals surface area contributed by atoms with E-state index in [-0.39, 0.29) is 24.8 Å². The first-order valence-electron chi connectivity index (χ1n) is 11.0. The molecule has 1 heterocycles. The molecule has 0 amide bonds. The van der Waals surface area contributed by atoms with Crippen LogP contribution < -0.4 is 9.64 Å². The zero-order valence-electron chi connectivity index (χ0n) is 18.4. The number of aliphatic hydroxyl groups is 1. The van der Waals surface area contributed by atoms with Gasteiger partial charge in [-0.3, -0.25) is 4.90 Å². The molecule has 1 aliphatic carbocycles. The van der Waals surface area contributed by atoms with Gasteiger partial charge in [-0.15, -0.1) is 24.8 Å². The Labute approximate surface area is 199 Å². The maximum atomic E-state index is 11.0. The van der Waals surface area contributed by atoms with Crippen LogP contribution in [0.25, 0.3) is 0 Å². The van der Waals surface area contributed by atoms with Crippen molar-refractivity contribution in [3.05, 3.63) is 60.2 Å². The number of hydrogen-bond donors (Lipinski definition) is 1. The summed E-state index contributed by atoms with van der Waals surface area (Å²) < 4.78 is 5.83. The van der Waals surface area contributed by atoms with Gasteiger partial charge in [0.05, 0.1) is 12.2 Å². The van der Waals surface area contributed by atoms with Crippen molar-refractivity contribution >= 4 is 30.5 Å². The fourth-order valence-corrected chi connectivity index (χ4v) is 4.02. The van der Waals surface area contributed by atoms with Gasteiger partial charge in [0.2, 0.25) is 0 Å². The summed E-state index contributed by atoms with van der Waals surface area (Å²) in [5.41, 5.74) is 1.98. The van der Waals surface area contributed by atoms with Gasteiger partial charge in [-0.1, -0.05) is 30.3 Å². The Morgan fingerprint density at radius 2 is 1.65 bits per heavy atom. The maximum Gasteiger partial charge on any atom is 0.119 e. The number of ether oxygens (including phenoxy) is 1. The van der Waals surface area contributed by atoms with Crippen LogP contribution in [0.5, 0.6) is 5.75 Å². The molecule has 1 aliphatic heterocycles. The summed E-state index contributed by atoms with van der Waals surface area (Å²) in [7, 11) is 2.11. The van der Waals surface area contributed by atoms with Crippen LogP contribution in [-0.2, 0) is 6.54 Å². The van der Waals surface area contributed by atoms with Crippen molar-refractivity contribution in [1.29, 1.82) is 0 Å². The van der Waals surface area contributed by atoms with E-state index in [9.17, 15) is 5.11 Å². The summed E-state index contributed by atoms with van der Waals surface area (Å²) in [5.74, 6) is 1.73. The molecule has 2 aromatic carbocycles. The fourth-order valence-electron chi connectivity index (χ4n) is 4.02. The molecule has 172 valence electrons. The lowest BCUT2D eigenvalue weighted by atomic mass is 9.88. The highest BCUT2D eigenvalue weighted by Gasteiger charge is 2.32. The van der Waals surface area contributed by atoms with Crippen molar-refractivity contribution in [2.24, 2.45) is 5.92 Å². The number of rotatable bonds is 9. The fraction of sp³-hybridized carbons (Fsp3) is 0.520. The normalized spacial score (nSPS) is 17.9. The molecule has 2 aliphatic rings. The van der Waals surface area contributed by atoms with Gasteiger partial charge < -0.3 is 14.7 Å². The molecule has 2 fully saturated rings. The molecule has 0 radical (unpaired) electrons. The van der Waals surface area contributed by atoms with Gasteiger partial charge in [0.25, 0.3) is 0 Å². The summed E-state index contributed by atoms with van der Waals surface area (Å²) in [4.78, 5) is 4.69. The molecule has 1 saturated carbocycles. The number of likely N-dealkylation sites (tertiary alicyclic amines) is 1. The average Bonchev–Trinajstić information content (AvgIpc) is 3.58. The van der Waals surface area contributed by atoms with Crippen LogP contribution in [0.3, 0.4) is 0 Å². The number of halogens is 2. The Morgan fingerprint density at radius 3 is 2.26 bits per heavy atom. The van der Waals surface area contributed by atoms with Crippen LogP contribution >= 0.6 is 24.8 Å². The van der Waals surface area contributed by atoms with E-state index in [0.29, 0.717) is 0 Å². The van der Waals surface area contributed by atoms with Crippen molar-refractivity contribution in [3.8, 4) is 5.75 Å². The lowest BCUT2D eigenvalue weighted by Gasteiger charge is -2.39. The average molecular weight is 467 g/mol. The van der Waals surface area contributed by atoms with Gasteiger partial charge in [0.15, 0.2) is 0 Å². The Morgan fingerprint density at radius 1 is 1.00 bits per heavy atom. The smallest absolute Gasteiger partial charge is 0.119 e. The van der Waals surface area contributed by atoms with Crippen LogP contribution in [0.15, 0.2) is 54.6 Å². The molecule has 6 heteroatoms. The summed E-state index contributed by atoms with van der Waals surface area (Å²) in [6.45, 7) is 4.61. The highest BCUT2D eigenvalue weighted by molar-refractivity contribution is 5.85. The second-order valence-corrected chi connectivity index (χ2v) is 8.91. The first-order valence-corrected chi connectivity index (χ1v) is 11.0. The van der Waals surface area contributed by atoms with Gasteiger partial charge in [-0.05, 0) is 67.9 Å². The predicted molar refractivity (Wildman–Crippen MR) is 133 cm³/mol. The third kappa shape index (κ3) is 7.87. The lowest BCUT2D eigenvalue weighted by Crippen LogP contribution is -2.45. The van der Waals surface area contributed by atoms with Gasteiger partial charge in [0.1, 0.15) is 5.75 Å². The van der Waals surface area contributed by atoms with Crippen LogP contribution in [0.4, 0.5) is 5.69 Å². The topological polar surface area (TPSA) is 35.9 Å². The van der Waals surface area contributed by atoms with E-state index >= 15 is 0 Å². The van der Waals surface area contributed by atoms with Crippen LogP contribution in [0, 0.1) is 5.92 Å². The Kier molecular flexibility index (Phi) is 9.95. The molecule has 0 unspecified atom stereocenters. The highest BCUT2D eigenvalue weighted by atomic mass is 35.5. The van der Waals surface area contributed by atoms with Gasteiger partial charge >= 0.3 is 0 Å². The van der Waals surface area contributed by atoms with Crippen LogP contribution in [0.1, 0.15) is 37.7 Å². The molecule has 1 N–H and O–H groups in total. The molecule has 31 heavy (non-hydrogen) atoms. The molecule has 0 atom stereocenters. The standard InChI is InChI=1S/C25H34N2O2.2ClH/c1-26(23-9-11-24(12-10-23)29-20-22-7-8-22)16-13-25(28)14-17-27(18-15-25)19-21-5-3-2-4-6-21;;/h2-6,9-12,22,28H,7-8,13-20H2,1H3;2*1H. The van der Waals surface area contributed by atoms with E-state index in [2.05, 4.69) is 71.4 Å². The minimum Gasteiger partial charge on any atom is -0.493 e. The molecule has 2 aromatic rings. The van der Waals surface area contributed by atoms with Gasteiger partial charge in [0, 0.05) is 38.9 Å². The lowest BCUT2D eigenvalue weighted by molar-refractivity contribution is -0.0275. The second kappa shape index (κ2) is 12.0. The number of nitrogens with zero attached hydrogens (tertiary/aromatic N) is 2. The van der Waals surface area contributed by atoms with Crippen LogP contribution in [-0.4, -0.2) is 48.9 Å². The number of anilines is 1. The Balaban J connectivity index is 0.00000171. The molecule has 4 rings (SSSR count). The van der Waals surface area contributed by atoms with E-state index < -0.39 is 5.60 Å². The van der Waals surface area contributed by atoms with E-state index in [1.807, 2.05) is 0 Å². The largest absolute Gasteiger partial charge is 0.493 e. The molecule has 1 saturated heterocycles. The van der Waals surface area contributed by atoms with Crippen LogP contribution in [0.2, 0.25) is 0 Å². The summed E-state index contributed by atoms with van der Waals surface area (Å²) in [5, 5.41) is 11.0. The van der Waals surface area contributed by atoms with Crippen molar-refractivity contribution < 1.29 is 9.84 Å². The quantitative estimate of drug-likeness (QED) is 0.552. The van der Waals surface area contributed by atoms with E-state index in [0.717, 1.165) is 63.7 Å². The van der Waals surface area contributed by atoms with E-state index in [4.69, 9.17) is 4.74 Å². The first kappa shape index (κ1) is 25.8. The minimum atomic E-state index is -0.547. The Hall–Kier alpha value is -1.46. The van der Waals surface area contributed by atoms with Crippen molar-refractivity contribution in [2.75, 3.05) is 38.2 Å². The zero-order chi connectivity index (χ0) is 20.1. The minimum absolute atomic E-state index is 0. The summed E-state index contributed by atoms with van der Waals surface area (Å²) in [6, 6.07) is 19.0. The highest BCUT2D eigenvalue weighted by Crippen LogP contribution is 2.30. The summed E-state index contributed by atoms with van der Waals surface area (Å²) in [6.07, 6.45) is 5.13. The predicted octanol–water partition coefficient (Wildman–Crippen LogP) is 5.17. The van der Waals surface area contributed by atoms with E-state index in [1.165, 1.54) is 24.1 Å². The molecule has 0 spiro atoms. The Bertz CT molecular complexity index is 761.